The van der Waals surface area contributed by atoms with E-state index in [1.165, 1.54) is 0 Å². The number of anilines is 1. The highest BCUT2D eigenvalue weighted by molar-refractivity contribution is 6.24. The van der Waals surface area contributed by atoms with Gasteiger partial charge in [0.15, 0.2) is 0 Å². The third-order valence-corrected chi connectivity index (χ3v) is 4.79. The quantitative estimate of drug-likeness (QED) is 0.690. The number of amidine groups is 1. The molecule has 2 aliphatic rings. The van der Waals surface area contributed by atoms with Gasteiger partial charge in [-0.05, 0) is 29.8 Å². The van der Waals surface area contributed by atoms with E-state index >= 15 is 0 Å². The minimum atomic E-state index is -0.230. The number of hydrogen-bond donors (Lipinski definition) is 1. The molecule has 0 radical (unpaired) electrons. The lowest BCUT2D eigenvalue weighted by Crippen LogP contribution is -2.37. The fourth-order valence-electron chi connectivity index (χ4n) is 3.68. The molecule has 2 N–H and O–H groups in total. The van der Waals surface area contributed by atoms with Crippen molar-refractivity contribution in [3.05, 3.63) is 95.1 Å². The highest BCUT2D eigenvalue weighted by Crippen LogP contribution is 2.44. The van der Waals surface area contributed by atoms with E-state index in [9.17, 15) is 4.79 Å². The number of nitrogens with zero attached hydrogens (tertiary/aromatic N) is 2. The first kappa shape index (κ1) is 14.0. The zero-order valence-corrected chi connectivity index (χ0v) is 13.4. The van der Waals surface area contributed by atoms with Gasteiger partial charge in [-0.2, -0.15) is 0 Å². The summed E-state index contributed by atoms with van der Waals surface area (Å²) < 4.78 is 0. The van der Waals surface area contributed by atoms with Crippen LogP contribution in [0.2, 0.25) is 0 Å². The predicted molar refractivity (Wildman–Crippen MR) is 97.9 cm³/mol. The lowest BCUT2D eigenvalue weighted by molar-refractivity contribution is 0.0831. The van der Waals surface area contributed by atoms with E-state index in [2.05, 4.69) is 0 Å². The Hall–Kier alpha value is -3.40. The normalized spacial score (nSPS) is 17.6. The van der Waals surface area contributed by atoms with Crippen molar-refractivity contribution in [2.45, 2.75) is 6.04 Å². The van der Waals surface area contributed by atoms with Gasteiger partial charge in [-0.15, -0.1) is 0 Å². The molecular formula is C21H15N3O. The van der Waals surface area contributed by atoms with Gasteiger partial charge >= 0.3 is 0 Å². The van der Waals surface area contributed by atoms with E-state index < -0.39 is 0 Å². The van der Waals surface area contributed by atoms with Crippen LogP contribution in [0.4, 0.5) is 11.4 Å². The van der Waals surface area contributed by atoms with Gasteiger partial charge in [0.05, 0.1) is 17.3 Å². The van der Waals surface area contributed by atoms with E-state index in [-0.39, 0.29) is 11.9 Å². The number of amides is 1. The van der Waals surface area contributed by atoms with Gasteiger partial charge in [-0.25, -0.2) is 4.99 Å². The average molecular weight is 325 g/mol. The molecule has 0 spiro atoms. The summed E-state index contributed by atoms with van der Waals surface area (Å²) in [5.41, 5.74) is 11.1. The monoisotopic (exact) mass is 325 g/mol. The molecule has 0 fully saturated rings. The van der Waals surface area contributed by atoms with Gasteiger partial charge in [-0.3, -0.25) is 9.69 Å². The summed E-state index contributed by atoms with van der Waals surface area (Å²) >= 11 is 0. The van der Waals surface area contributed by atoms with Gasteiger partial charge in [0.2, 0.25) is 0 Å². The number of nitrogen functional groups attached to an aromatic ring is 1. The Kier molecular flexibility index (Phi) is 2.82. The van der Waals surface area contributed by atoms with Crippen molar-refractivity contribution >= 4 is 23.1 Å². The molecular weight excluding hydrogens is 310 g/mol. The maximum Gasteiger partial charge on any atom is 0.261 e. The van der Waals surface area contributed by atoms with E-state index in [1.54, 1.807) is 4.90 Å². The number of carbonyl (C=O) groups excluding carboxylic acids is 1. The van der Waals surface area contributed by atoms with Crippen LogP contribution in [0.15, 0.2) is 77.8 Å². The van der Waals surface area contributed by atoms with E-state index in [4.69, 9.17) is 10.7 Å². The Labute approximate surface area is 145 Å². The second-order valence-electron chi connectivity index (χ2n) is 6.29. The van der Waals surface area contributed by atoms with Crippen LogP contribution in [0, 0.1) is 0 Å². The van der Waals surface area contributed by atoms with Crippen LogP contribution in [0.25, 0.3) is 0 Å². The molecule has 3 aromatic carbocycles. The number of nitrogens with two attached hydrogens (primary N) is 1. The van der Waals surface area contributed by atoms with Crippen molar-refractivity contribution in [3.63, 3.8) is 0 Å². The lowest BCUT2D eigenvalue weighted by Gasteiger charge is -2.33. The van der Waals surface area contributed by atoms with E-state index in [1.807, 2.05) is 72.8 Å². The molecule has 1 atom stereocenters. The molecule has 1 amide bonds. The second kappa shape index (κ2) is 5.05. The molecule has 25 heavy (non-hydrogen) atoms. The summed E-state index contributed by atoms with van der Waals surface area (Å²) in [4.78, 5) is 19.7. The molecule has 3 aromatic rings. The third kappa shape index (κ3) is 1.94. The van der Waals surface area contributed by atoms with Crippen LogP contribution in [-0.2, 0) is 0 Å². The van der Waals surface area contributed by atoms with Crippen LogP contribution in [-0.4, -0.2) is 16.6 Å². The molecule has 5 rings (SSSR count). The number of benzene rings is 3. The van der Waals surface area contributed by atoms with Crippen LogP contribution in [0.5, 0.6) is 0 Å². The van der Waals surface area contributed by atoms with Crippen LogP contribution >= 0.6 is 0 Å². The highest BCUT2D eigenvalue weighted by Gasteiger charge is 2.42. The zero-order chi connectivity index (χ0) is 17.0. The van der Waals surface area contributed by atoms with Crippen molar-refractivity contribution in [2.24, 2.45) is 4.99 Å². The summed E-state index contributed by atoms with van der Waals surface area (Å²) in [6.45, 7) is 0. The smallest absolute Gasteiger partial charge is 0.261 e. The van der Waals surface area contributed by atoms with Crippen LogP contribution < -0.4 is 5.73 Å². The maximum atomic E-state index is 13.1. The Bertz CT molecular complexity index is 1040. The second-order valence-corrected chi connectivity index (χ2v) is 6.29. The molecule has 4 heteroatoms. The molecule has 4 nitrogen and oxygen atoms in total. The van der Waals surface area contributed by atoms with Crippen molar-refractivity contribution in [1.82, 2.24) is 4.90 Å². The van der Waals surface area contributed by atoms with Gasteiger partial charge in [0.1, 0.15) is 5.84 Å². The largest absolute Gasteiger partial charge is 0.399 e. The lowest BCUT2D eigenvalue weighted by atomic mass is 9.93. The zero-order valence-electron chi connectivity index (χ0n) is 13.4. The number of aliphatic imine (C=N–C) groups is 1. The highest BCUT2D eigenvalue weighted by atomic mass is 16.2. The molecule has 2 heterocycles. The topological polar surface area (TPSA) is 58.7 Å². The van der Waals surface area contributed by atoms with Crippen molar-refractivity contribution < 1.29 is 4.79 Å². The van der Waals surface area contributed by atoms with Crippen LogP contribution in [0.1, 0.15) is 33.1 Å². The molecule has 0 saturated carbocycles. The number of hydrogen-bond acceptors (Lipinski definition) is 3. The molecule has 0 saturated heterocycles. The Morgan fingerprint density at radius 2 is 1.60 bits per heavy atom. The number of rotatable bonds is 1. The SMILES string of the molecule is Nc1ccc2c(c1)C(c1ccccc1)N1C(=O)c3ccccc3C1=N2. The Balaban J connectivity index is 1.81. The minimum absolute atomic E-state index is 0.0173. The summed E-state index contributed by atoms with van der Waals surface area (Å²) in [5, 5.41) is 0. The van der Waals surface area contributed by atoms with Crippen molar-refractivity contribution in [1.29, 1.82) is 0 Å². The fourth-order valence-corrected chi connectivity index (χ4v) is 3.68. The van der Waals surface area contributed by atoms with Gasteiger partial charge in [0.25, 0.3) is 5.91 Å². The molecule has 0 aliphatic carbocycles. The molecule has 2 aliphatic heterocycles. The molecule has 120 valence electrons. The Morgan fingerprint density at radius 3 is 2.40 bits per heavy atom. The van der Waals surface area contributed by atoms with E-state index in [0.717, 1.165) is 22.4 Å². The van der Waals surface area contributed by atoms with Crippen molar-refractivity contribution in [3.8, 4) is 0 Å². The first-order valence-corrected chi connectivity index (χ1v) is 8.20. The number of carbonyl (C=O) groups is 1. The predicted octanol–water partition coefficient (Wildman–Crippen LogP) is 3.91. The van der Waals surface area contributed by atoms with E-state index in [0.29, 0.717) is 17.1 Å². The summed E-state index contributed by atoms with van der Waals surface area (Å²) in [6, 6.07) is 23.1. The third-order valence-electron chi connectivity index (χ3n) is 4.79. The summed E-state index contributed by atoms with van der Waals surface area (Å²) in [7, 11) is 0. The fraction of sp³-hybridized carbons (Fsp3) is 0.0476. The first-order valence-electron chi connectivity index (χ1n) is 8.20. The standard InChI is InChI=1S/C21H15N3O/c22-14-10-11-18-17(12-14)19(13-6-2-1-3-7-13)24-20(23-18)15-8-4-5-9-16(15)21(24)25/h1-12,19H,22H2. The summed E-state index contributed by atoms with van der Waals surface area (Å²) in [6.07, 6.45) is 0. The summed E-state index contributed by atoms with van der Waals surface area (Å²) in [5.74, 6) is 0.697. The number of fused-ring (bicyclic) bond motifs is 4. The minimum Gasteiger partial charge on any atom is -0.399 e. The van der Waals surface area contributed by atoms with Gasteiger partial charge in [-0.1, -0.05) is 48.5 Å². The average Bonchev–Trinajstić information content (AvgIpc) is 2.93. The Morgan fingerprint density at radius 1 is 0.880 bits per heavy atom. The molecule has 0 bridgehead atoms. The van der Waals surface area contributed by atoms with Crippen LogP contribution in [0.3, 0.4) is 0 Å². The maximum absolute atomic E-state index is 13.1. The molecule has 0 aromatic heterocycles. The molecule has 1 unspecified atom stereocenters. The van der Waals surface area contributed by atoms with Gasteiger partial charge < -0.3 is 5.73 Å². The van der Waals surface area contributed by atoms with Gasteiger partial charge in [0, 0.05) is 16.8 Å². The van der Waals surface area contributed by atoms with Crippen molar-refractivity contribution in [2.75, 3.05) is 5.73 Å². The first-order chi connectivity index (χ1) is 12.2.